The molecular weight excluding hydrogens is 316 g/mol. The summed E-state index contributed by atoms with van der Waals surface area (Å²) in [7, 11) is 0. The Balaban J connectivity index is 2.00. The molecule has 2 heterocycles. The Morgan fingerprint density at radius 2 is 2.18 bits per heavy atom. The number of carbonyl (C=O) groups is 1. The van der Waals surface area contributed by atoms with Crippen LogP contribution in [0.25, 0.3) is 11.4 Å². The lowest BCUT2D eigenvalue weighted by Crippen LogP contribution is -2.14. The highest BCUT2D eigenvalue weighted by molar-refractivity contribution is 7.99. The Bertz CT molecular complexity index is 690. The summed E-state index contributed by atoms with van der Waals surface area (Å²) in [4.78, 5) is 12.5. The standard InChI is InChI=1S/C15H20N4OS2/c1-9(2)19-14(17-18-15(19)22-8-13(16)20)11-7-21-12-6-4-3-5-10(11)12/h7,9H,3-6,8H2,1-2H3,(H2,16,20). The van der Waals surface area contributed by atoms with Gasteiger partial charge in [-0.25, -0.2) is 0 Å². The lowest BCUT2D eigenvalue weighted by Gasteiger charge is -2.16. The molecule has 2 N–H and O–H groups in total. The van der Waals surface area contributed by atoms with Crippen molar-refractivity contribution in [3.63, 3.8) is 0 Å². The number of rotatable bonds is 5. The molecule has 0 aliphatic heterocycles. The maximum atomic E-state index is 11.0. The molecule has 2 aromatic rings. The number of thioether (sulfide) groups is 1. The summed E-state index contributed by atoms with van der Waals surface area (Å²) < 4.78 is 2.12. The number of hydrogen-bond acceptors (Lipinski definition) is 5. The van der Waals surface area contributed by atoms with Crippen LogP contribution >= 0.6 is 23.1 Å². The number of primary amides is 1. The van der Waals surface area contributed by atoms with E-state index >= 15 is 0 Å². The minimum absolute atomic E-state index is 0.229. The van der Waals surface area contributed by atoms with Gasteiger partial charge in [-0.15, -0.1) is 21.5 Å². The van der Waals surface area contributed by atoms with E-state index < -0.39 is 0 Å². The number of aromatic nitrogens is 3. The average molecular weight is 336 g/mol. The van der Waals surface area contributed by atoms with Crippen molar-refractivity contribution in [3.8, 4) is 11.4 Å². The molecular formula is C15H20N4OS2. The van der Waals surface area contributed by atoms with Crippen molar-refractivity contribution in [3.05, 3.63) is 15.8 Å². The molecule has 0 spiro atoms. The second kappa shape index (κ2) is 6.42. The van der Waals surface area contributed by atoms with Gasteiger partial charge >= 0.3 is 0 Å². The Morgan fingerprint density at radius 1 is 1.41 bits per heavy atom. The van der Waals surface area contributed by atoms with Crippen molar-refractivity contribution in [2.75, 3.05) is 5.75 Å². The van der Waals surface area contributed by atoms with Crippen LogP contribution in [0.15, 0.2) is 10.5 Å². The molecule has 0 saturated heterocycles. The number of nitrogens with two attached hydrogens (primary N) is 1. The van der Waals surface area contributed by atoms with Crippen LogP contribution in [-0.4, -0.2) is 26.4 Å². The first-order chi connectivity index (χ1) is 10.6. The highest BCUT2D eigenvalue weighted by atomic mass is 32.2. The minimum Gasteiger partial charge on any atom is -0.369 e. The highest BCUT2D eigenvalue weighted by Crippen LogP contribution is 2.37. The number of amides is 1. The number of hydrogen-bond donors (Lipinski definition) is 1. The fraction of sp³-hybridized carbons (Fsp3) is 0.533. The fourth-order valence-corrected chi connectivity index (χ4v) is 4.77. The largest absolute Gasteiger partial charge is 0.369 e. The molecule has 0 atom stereocenters. The third-order valence-corrected chi connectivity index (χ3v) is 5.88. The highest BCUT2D eigenvalue weighted by Gasteiger charge is 2.23. The van der Waals surface area contributed by atoms with Crippen LogP contribution in [0.5, 0.6) is 0 Å². The summed E-state index contributed by atoms with van der Waals surface area (Å²) in [6, 6.07) is 0.236. The van der Waals surface area contributed by atoms with Gasteiger partial charge in [-0.3, -0.25) is 9.36 Å². The lowest BCUT2D eigenvalue weighted by atomic mass is 9.95. The van der Waals surface area contributed by atoms with E-state index in [4.69, 9.17) is 5.73 Å². The first kappa shape index (κ1) is 15.6. The van der Waals surface area contributed by atoms with Crippen LogP contribution in [0.2, 0.25) is 0 Å². The van der Waals surface area contributed by atoms with Crippen LogP contribution < -0.4 is 5.73 Å². The predicted molar refractivity (Wildman–Crippen MR) is 90.3 cm³/mol. The molecule has 0 unspecified atom stereocenters. The van der Waals surface area contributed by atoms with E-state index in [0.717, 1.165) is 17.4 Å². The smallest absolute Gasteiger partial charge is 0.227 e. The van der Waals surface area contributed by atoms with Crippen LogP contribution in [0, 0.1) is 0 Å². The average Bonchev–Trinajstić information content (AvgIpc) is 3.08. The Morgan fingerprint density at radius 3 is 2.91 bits per heavy atom. The van der Waals surface area contributed by atoms with E-state index in [1.165, 1.54) is 47.0 Å². The molecule has 7 heteroatoms. The number of carbonyl (C=O) groups excluding carboxylic acids is 1. The Labute approximate surface area is 138 Å². The predicted octanol–water partition coefficient (Wildman–Crippen LogP) is 3.04. The van der Waals surface area contributed by atoms with Gasteiger partial charge in [0.05, 0.1) is 5.75 Å². The zero-order valence-electron chi connectivity index (χ0n) is 12.8. The van der Waals surface area contributed by atoms with Gasteiger partial charge in [0.15, 0.2) is 11.0 Å². The van der Waals surface area contributed by atoms with Gasteiger partial charge in [0.1, 0.15) is 0 Å². The molecule has 2 aromatic heterocycles. The quantitative estimate of drug-likeness (QED) is 0.852. The van der Waals surface area contributed by atoms with E-state index in [0.29, 0.717) is 0 Å². The summed E-state index contributed by atoms with van der Waals surface area (Å²) in [5.41, 5.74) is 7.90. The molecule has 22 heavy (non-hydrogen) atoms. The maximum Gasteiger partial charge on any atom is 0.227 e. The van der Waals surface area contributed by atoms with Crippen molar-refractivity contribution in [2.24, 2.45) is 5.73 Å². The van der Waals surface area contributed by atoms with Gasteiger partial charge < -0.3 is 5.73 Å². The first-order valence-electron chi connectivity index (χ1n) is 7.53. The van der Waals surface area contributed by atoms with Crippen LogP contribution in [0.3, 0.4) is 0 Å². The van der Waals surface area contributed by atoms with Gasteiger partial charge in [0, 0.05) is 21.9 Å². The summed E-state index contributed by atoms with van der Waals surface area (Å²) in [5, 5.41) is 11.7. The molecule has 0 aromatic carbocycles. The minimum atomic E-state index is -0.335. The summed E-state index contributed by atoms with van der Waals surface area (Å²) in [5.74, 6) is 0.811. The molecule has 0 radical (unpaired) electrons. The molecule has 118 valence electrons. The number of nitrogens with zero attached hydrogens (tertiary/aromatic N) is 3. The molecule has 1 aliphatic carbocycles. The third kappa shape index (κ3) is 2.92. The second-order valence-corrected chi connectivity index (χ2v) is 7.69. The summed E-state index contributed by atoms with van der Waals surface area (Å²) >= 11 is 3.19. The summed E-state index contributed by atoms with van der Waals surface area (Å²) in [6.45, 7) is 4.22. The van der Waals surface area contributed by atoms with Crippen molar-refractivity contribution >= 4 is 29.0 Å². The molecule has 1 amide bonds. The van der Waals surface area contributed by atoms with Crippen molar-refractivity contribution in [2.45, 2.75) is 50.7 Å². The SMILES string of the molecule is CC(C)n1c(SCC(N)=O)nnc1-c1csc2c1CCCC2. The van der Waals surface area contributed by atoms with Crippen LogP contribution in [-0.2, 0) is 17.6 Å². The van der Waals surface area contributed by atoms with Gasteiger partial charge in [-0.05, 0) is 45.1 Å². The van der Waals surface area contributed by atoms with E-state index in [9.17, 15) is 4.79 Å². The topological polar surface area (TPSA) is 73.8 Å². The van der Waals surface area contributed by atoms with E-state index in [1.54, 1.807) is 0 Å². The fourth-order valence-electron chi connectivity index (χ4n) is 2.84. The Hall–Kier alpha value is -1.34. The van der Waals surface area contributed by atoms with Gasteiger partial charge in [0.25, 0.3) is 0 Å². The monoisotopic (exact) mass is 336 g/mol. The molecule has 0 bridgehead atoms. The lowest BCUT2D eigenvalue weighted by molar-refractivity contribution is -0.115. The first-order valence-corrected chi connectivity index (χ1v) is 9.40. The van der Waals surface area contributed by atoms with Crippen LogP contribution in [0.1, 0.15) is 43.2 Å². The molecule has 1 aliphatic rings. The van der Waals surface area contributed by atoms with E-state index in [-0.39, 0.29) is 17.7 Å². The maximum absolute atomic E-state index is 11.0. The zero-order valence-corrected chi connectivity index (χ0v) is 14.5. The second-order valence-electron chi connectivity index (χ2n) is 5.78. The normalized spacial score (nSPS) is 14.3. The van der Waals surface area contributed by atoms with Gasteiger partial charge in [-0.2, -0.15) is 0 Å². The van der Waals surface area contributed by atoms with Crippen molar-refractivity contribution < 1.29 is 4.79 Å². The third-order valence-electron chi connectivity index (χ3n) is 3.83. The van der Waals surface area contributed by atoms with Gasteiger partial charge in [0.2, 0.25) is 5.91 Å². The summed E-state index contributed by atoms with van der Waals surface area (Å²) in [6.07, 6.45) is 4.83. The molecule has 3 rings (SSSR count). The van der Waals surface area contributed by atoms with E-state index in [2.05, 4.69) is 34.0 Å². The number of aryl methyl sites for hydroxylation is 1. The van der Waals surface area contributed by atoms with Crippen LogP contribution in [0.4, 0.5) is 0 Å². The van der Waals surface area contributed by atoms with Crippen molar-refractivity contribution in [1.29, 1.82) is 0 Å². The molecule has 0 fully saturated rings. The molecule has 5 nitrogen and oxygen atoms in total. The number of thiophene rings is 1. The van der Waals surface area contributed by atoms with Crippen molar-refractivity contribution in [1.82, 2.24) is 14.8 Å². The van der Waals surface area contributed by atoms with Gasteiger partial charge in [-0.1, -0.05) is 11.8 Å². The Kier molecular flexibility index (Phi) is 4.54. The zero-order chi connectivity index (χ0) is 15.7. The number of fused-ring (bicyclic) bond motifs is 1. The van der Waals surface area contributed by atoms with E-state index in [1.807, 2.05) is 11.3 Å². The molecule has 0 saturated carbocycles.